The first-order valence-electron chi connectivity index (χ1n) is 6.72. The van der Waals surface area contributed by atoms with Crippen LogP contribution in [0.15, 0.2) is 0 Å². The lowest BCUT2D eigenvalue weighted by atomic mass is 9.80. The van der Waals surface area contributed by atoms with Crippen LogP contribution in [0, 0.1) is 17.3 Å². The van der Waals surface area contributed by atoms with Crippen LogP contribution >= 0.6 is 0 Å². The molecular weight excluding hydrogens is 230 g/mol. The fourth-order valence-corrected chi connectivity index (χ4v) is 2.10. The third-order valence-electron chi connectivity index (χ3n) is 4.08. The van der Waals surface area contributed by atoms with Crippen LogP contribution in [0.2, 0.25) is 0 Å². The van der Waals surface area contributed by atoms with Crippen molar-refractivity contribution in [2.75, 3.05) is 13.1 Å². The average Bonchev–Trinajstić information content (AvgIpc) is 2.27. The Labute approximate surface area is 109 Å². The molecule has 1 amide bonds. The highest BCUT2D eigenvalue weighted by Gasteiger charge is 2.30. The molecule has 0 saturated carbocycles. The second-order valence-corrected chi connectivity index (χ2v) is 6.49. The maximum Gasteiger partial charge on any atom is 0.308 e. The molecule has 1 N–H and O–H groups in total. The topological polar surface area (TPSA) is 57.6 Å². The van der Waals surface area contributed by atoms with Crippen LogP contribution in [0.3, 0.4) is 0 Å². The van der Waals surface area contributed by atoms with Gasteiger partial charge in [0.25, 0.3) is 0 Å². The summed E-state index contributed by atoms with van der Waals surface area (Å²) < 4.78 is 0. The average molecular weight is 255 g/mol. The fourth-order valence-electron chi connectivity index (χ4n) is 2.10. The smallest absolute Gasteiger partial charge is 0.308 e. The molecule has 4 nitrogen and oxygen atoms in total. The van der Waals surface area contributed by atoms with Crippen molar-refractivity contribution in [2.24, 2.45) is 17.3 Å². The van der Waals surface area contributed by atoms with Gasteiger partial charge in [0.15, 0.2) is 0 Å². The van der Waals surface area contributed by atoms with Gasteiger partial charge < -0.3 is 10.0 Å². The number of rotatable bonds is 3. The molecule has 1 saturated heterocycles. The normalized spacial score (nSPS) is 22.7. The maximum atomic E-state index is 12.2. The molecule has 104 valence electrons. The molecule has 1 unspecified atom stereocenters. The van der Waals surface area contributed by atoms with Gasteiger partial charge in [0.1, 0.15) is 0 Å². The minimum absolute atomic E-state index is 0.100. The van der Waals surface area contributed by atoms with Crippen LogP contribution in [0.4, 0.5) is 0 Å². The Balaban J connectivity index is 2.54. The standard InChI is InChI=1S/C14H25NO3/c1-10(14(2,3)4)8-12(16)15-7-5-6-11(9-15)13(17)18/h10-11H,5-9H2,1-4H3,(H,17,18)/t10?,11-/m1/s1. The van der Waals surface area contributed by atoms with Crippen molar-refractivity contribution in [3.63, 3.8) is 0 Å². The summed E-state index contributed by atoms with van der Waals surface area (Å²) in [6.07, 6.45) is 2.00. The van der Waals surface area contributed by atoms with Crippen LogP contribution in [-0.4, -0.2) is 35.0 Å². The van der Waals surface area contributed by atoms with Crippen molar-refractivity contribution >= 4 is 11.9 Å². The van der Waals surface area contributed by atoms with E-state index >= 15 is 0 Å². The summed E-state index contributed by atoms with van der Waals surface area (Å²) in [7, 11) is 0. The second-order valence-electron chi connectivity index (χ2n) is 6.49. The number of hydrogen-bond acceptors (Lipinski definition) is 2. The van der Waals surface area contributed by atoms with Crippen molar-refractivity contribution in [3.8, 4) is 0 Å². The van der Waals surface area contributed by atoms with Gasteiger partial charge in [-0.1, -0.05) is 27.7 Å². The zero-order valence-corrected chi connectivity index (χ0v) is 11.9. The SMILES string of the molecule is CC(CC(=O)N1CCC[C@@H](C(=O)O)C1)C(C)(C)C. The van der Waals surface area contributed by atoms with Crippen molar-refractivity contribution < 1.29 is 14.7 Å². The fraction of sp³-hybridized carbons (Fsp3) is 0.857. The molecule has 1 heterocycles. The number of nitrogens with zero attached hydrogens (tertiary/aromatic N) is 1. The van der Waals surface area contributed by atoms with Crippen LogP contribution in [0.5, 0.6) is 0 Å². The summed E-state index contributed by atoms with van der Waals surface area (Å²) in [5, 5.41) is 9.01. The van der Waals surface area contributed by atoms with Gasteiger partial charge in [0.05, 0.1) is 5.92 Å². The van der Waals surface area contributed by atoms with Gasteiger partial charge in [-0.3, -0.25) is 9.59 Å². The third kappa shape index (κ3) is 4.00. The highest BCUT2D eigenvalue weighted by atomic mass is 16.4. The number of amides is 1. The molecule has 0 aliphatic carbocycles. The Hall–Kier alpha value is -1.06. The number of hydrogen-bond donors (Lipinski definition) is 1. The van der Waals surface area contributed by atoms with Gasteiger partial charge in [-0.15, -0.1) is 0 Å². The van der Waals surface area contributed by atoms with Crippen LogP contribution < -0.4 is 0 Å². The van der Waals surface area contributed by atoms with E-state index in [1.807, 2.05) is 0 Å². The highest BCUT2D eigenvalue weighted by Crippen LogP contribution is 2.29. The summed E-state index contributed by atoms with van der Waals surface area (Å²) in [6, 6.07) is 0. The van der Waals surface area contributed by atoms with E-state index in [1.54, 1.807) is 4.90 Å². The minimum Gasteiger partial charge on any atom is -0.481 e. The van der Waals surface area contributed by atoms with Gasteiger partial charge in [0.2, 0.25) is 5.91 Å². The molecule has 0 aromatic rings. The predicted molar refractivity (Wildman–Crippen MR) is 70.2 cm³/mol. The number of piperidine rings is 1. The van der Waals surface area contributed by atoms with E-state index in [9.17, 15) is 9.59 Å². The van der Waals surface area contributed by atoms with Gasteiger partial charge in [-0.05, 0) is 24.2 Å². The largest absolute Gasteiger partial charge is 0.481 e. The van der Waals surface area contributed by atoms with Crippen molar-refractivity contribution in [1.29, 1.82) is 0 Å². The summed E-state index contributed by atoms with van der Waals surface area (Å²) in [4.78, 5) is 24.8. The molecular formula is C14H25NO3. The number of carbonyl (C=O) groups is 2. The van der Waals surface area contributed by atoms with E-state index in [4.69, 9.17) is 5.11 Å². The Bertz CT molecular complexity index is 319. The molecule has 1 rings (SSSR count). The number of aliphatic carboxylic acids is 1. The summed E-state index contributed by atoms with van der Waals surface area (Å²) in [5.41, 5.74) is 0.109. The molecule has 0 bridgehead atoms. The molecule has 0 spiro atoms. The number of carbonyl (C=O) groups excluding carboxylic acids is 1. The van der Waals surface area contributed by atoms with E-state index in [1.165, 1.54) is 0 Å². The number of likely N-dealkylation sites (tertiary alicyclic amines) is 1. The van der Waals surface area contributed by atoms with Crippen LogP contribution in [-0.2, 0) is 9.59 Å². The van der Waals surface area contributed by atoms with Gasteiger partial charge in [-0.25, -0.2) is 0 Å². The lowest BCUT2D eigenvalue weighted by molar-refractivity contribution is -0.146. The van der Waals surface area contributed by atoms with Crippen molar-refractivity contribution in [2.45, 2.75) is 47.0 Å². The van der Waals surface area contributed by atoms with Gasteiger partial charge >= 0.3 is 5.97 Å². The zero-order chi connectivity index (χ0) is 13.9. The summed E-state index contributed by atoms with van der Waals surface area (Å²) in [6.45, 7) is 9.55. The Morgan fingerprint density at radius 3 is 2.50 bits per heavy atom. The lowest BCUT2D eigenvalue weighted by Crippen LogP contribution is -2.43. The zero-order valence-electron chi connectivity index (χ0n) is 11.9. The molecule has 1 aliphatic rings. The molecule has 1 aliphatic heterocycles. The predicted octanol–water partition coefficient (Wildman–Crippen LogP) is 2.38. The molecule has 0 aromatic heterocycles. The molecule has 1 fully saturated rings. The summed E-state index contributed by atoms with van der Waals surface area (Å²) >= 11 is 0. The van der Waals surface area contributed by atoms with Crippen molar-refractivity contribution in [3.05, 3.63) is 0 Å². The van der Waals surface area contributed by atoms with Crippen LogP contribution in [0.25, 0.3) is 0 Å². The van der Waals surface area contributed by atoms with E-state index in [0.29, 0.717) is 31.8 Å². The third-order valence-corrected chi connectivity index (χ3v) is 4.08. The first-order chi connectivity index (χ1) is 8.21. The van der Waals surface area contributed by atoms with E-state index in [-0.39, 0.29) is 17.2 Å². The summed E-state index contributed by atoms with van der Waals surface area (Å²) in [5.74, 6) is -0.761. The molecule has 2 atom stereocenters. The quantitative estimate of drug-likeness (QED) is 0.842. The Morgan fingerprint density at radius 1 is 1.39 bits per heavy atom. The molecule has 0 radical (unpaired) electrons. The molecule has 0 aromatic carbocycles. The molecule has 4 heteroatoms. The van der Waals surface area contributed by atoms with Crippen molar-refractivity contribution in [1.82, 2.24) is 4.90 Å². The van der Waals surface area contributed by atoms with Gasteiger partial charge in [0, 0.05) is 19.5 Å². The lowest BCUT2D eigenvalue weighted by Gasteiger charge is -2.33. The second kappa shape index (κ2) is 5.72. The van der Waals surface area contributed by atoms with E-state index < -0.39 is 5.97 Å². The first kappa shape index (κ1) is 15.0. The Morgan fingerprint density at radius 2 is 2.00 bits per heavy atom. The molecule has 18 heavy (non-hydrogen) atoms. The highest BCUT2D eigenvalue weighted by molar-refractivity contribution is 5.78. The monoisotopic (exact) mass is 255 g/mol. The number of carboxylic acid groups (broad SMARTS) is 1. The number of carboxylic acids is 1. The van der Waals surface area contributed by atoms with E-state index in [0.717, 1.165) is 6.42 Å². The Kier molecular flexibility index (Phi) is 4.77. The van der Waals surface area contributed by atoms with Crippen LogP contribution in [0.1, 0.15) is 47.0 Å². The van der Waals surface area contributed by atoms with E-state index in [2.05, 4.69) is 27.7 Å². The first-order valence-corrected chi connectivity index (χ1v) is 6.72. The van der Waals surface area contributed by atoms with Gasteiger partial charge in [-0.2, -0.15) is 0 Å². The minimum atomic E-state index is -0.781. The maximum absolute atomic E-state index is 12.2.